The van der Waals surface area contributed by atoms with Gasteiger partial charge in [-0.15, -0.1) is 0 Å². The van der Waals surface area contributed by atoms with Crippen LogP contribution in [0.15, 0.2) is 0 Å². The van der Waals surface area contributed by atoms with E-state index in [9.17, 15) is 9.59 Å². The molecule has 1 unspecified atom stereocenters. The van der Waals surface area contributed by atoms with Crippen molar-refractivity contribution >= 4 is 11.9 Å². The van der Waals surface area contributed by atoms with Crippen molar-refractivity contribution in [3.05, 3.63) is 0 Å². The summed E-state index contributed by atoms with van der Waals surface area (Å²) in [6.45, 7) is 2.55. The first-order chi connectivity index (χ1) is 8.65. The van der Waals surface area contributed by atoms with E-state index in [0.29, 0.717) is 18.9 Å². The van der Waals surface area contributed by atoms with E-state index in [1.54, 1.807) is 0 Å². The van der Waals surface area contributed by atoms with Gasteiger partial charge in [-0.05, 0) is 31.6 Å². The Hall–Kier alpha value is -1.06. The van der Waals surface area contributed by atoms with E-state index in [1.807, 2.05) is 0 Å². The molecule has 1 rings (SSSR count). The van der Waals surface area contributed by atoms with E-state index >= 15 is 0 Å². The third kappa shape index (κ3) is 5.07. The molecule has 1 amide bonds. The van der Waals surface area contributed by atoms with Crippen molar-refractivity contribution in [1.29, 1.82) is 0 Å². The van der Waals surface area contributed by atoms with Crippen LogP contribution in [-0.4, -0.2) is 23.5 Å². The van der Waals surface area contributed by atoms with Crippen LogP contribution < -0.4 is 5.32 Å². The molecular weight excluding hydrogens is 230 g/mol. The third-order valence-electron chi connectivity index (χ3n) is 3.86. The number of carboxylic acid groups (broad SMARTS) is 1. The van der Waals surface area contributed by atoms with Gasteiger partial charge in [0.2, 0.25) is 5.91 Å². The lowest BCUT2D eigenvalue weighted by Gasteiger charge is -2.28. The topological polar surface area (TPSA) is 66.4 Å². The number of rotatable bonds is 7. The molecule has 1 atom stereocenters. The fourth-order valence-electron chi connectivity index (χ4n) is 2.85. The molecule has 0 radical (unpaired) electrons. The van der Waals surface area contributed by atoms with Gasteiger partial charge in [0.05, 0.1) is 0 Å². The molecule has 106 valence electrons. The molecule has 0 aromatic heterocycles. The average Bonchev–Trinajstić information content (AvgIpc) is 2.36. The van der Waals surface area contributed by atoms with Crippen LogP contribution in [0.3, 0.4) is 0 Å². The highest BCUT2D eigenvalue weighted by Gasteiger charge is 2.27. The molecule has 0 aromatic carbocycles. The SMILES string of the molecule is CCC(C(=O)NCCCC(=O)O)C1CCCCC1.[HH]. The summed E-state index contributed by atoms with van der Waals surface area (Å²) >= 11 is 0. The van der Waals surface area contributed by atoms with Gasteiger partial charge in [0.25, 0.3) is 0 Å². The normalized spacial score (nSPS) is 18.3. The van der Waals surface area contributed by atoms with Crippen LogP contribution in [0.25, 0.3) is 0 Å². The minimum atomic E-state index is -0.802. The summed E-state index contributed by atoms with van der Waals surface area (Å²) < 4.78 is 0. The molecule has 0 aromatic rings. The minimum absolute atomic E-state index is 0. The number of aliphatic carboxylic acids is 1. The highest BCUT2D eigenvalue weighted by molar-refractivity contribution is 5.79. The van der Waals surface area contributed by atoms with Crippen LogP contribution in [0.4, 0.5) is 0 Å². The molecule has 18 heavy (non-hydrogen) atoms. The number of carbonyl (C=O) groups is 2. The molecule has 0 spiro atoms. The Balaban J connectivity index is 0.00000324. The number of hydrogen-bond acceptors (Lipinski definition) is 2. The van der Waals surface area contributed by atoms with Gasteiger partial charge >= 0.3 is 5.97 Å². The molecule has 4 heteroatoms. The maximum Gasteiger partial charge on any atom is 0.303 e. The molecule has 1 aliphatic carbocycles. The van der Waals surface area contributed by atoms with Gasteiger partial charge in [0, 0.05) is 20.3 Å². The molecule has 0 aliphatic heterocycles. The summed E-state index contributed by atoms with van der Waals surface area (Å²) in [5.41, 5.74) is 0. The largest absolute Gasteiger partial charge is 0.481 e. The second kappa shape index (κ2) is 8.11. The van der Waals surface area contributed by atoms with Crippen molar-refractivity contribution in [3.8, 4) is 0 Å². The zero-order valence-corrected chi connectivity index (χ0v) is 11.3. The monoisotopic (exact) mass is 257 g/mol. The summed E-state index contributed by atoms with van der Waals surface area (Å²) in [4.78, 5) is 22.4. The first-order valence-corrected chi connectivity index (χ1v) is 7.14. The van der Waals surface area contributed by atoms with E-state index in [2.05, 4.69) is 12.2 Å². The predicted molar refractivity (Wildman–Crippen MR) is 72.3 cm³/mol. The van der Waals surface area contributed by atoms with Gasteiger partial charge in [0.15, 0.2) is 0 Å². The lowest BCUT2D eigenvalue weighted by Crippen LogP contribution is -2.36. The van der Waals surface area contributed by atoms with E-state index in [-0.39, 0.29) is 19.7 Å². The van der Waals surface area contributed by atoms with Gasteiger partial charge in [-0.3, -0.25) is 9.59 Å². The first-order valence-electron chi connectivity index (χ1n) is 7.14. The Labute approximate surface area is 111 Å². The smallest absolute Gasteiger partial charge is 0.303 e. The van der Waals surface area contributed by atoms with Crippen molar-refractivity contribution in [2.75, 3.05) is 6.54 Å². The Bertz CT molecular complexity index is 278. The maximum absolute atomic E-state index is 12.1. The standard InChI is InChI=1S/C14H25NO3.H2/c1-2-12(11-7-4-3-5-8-11)14(18)15-10-6-9-13(16)17;/h11-12H,2-10H2,1H3,(H,15,18)(H,16,17);1H. The van der Waals surface area contributed by atoms with Crippen molar-refractivity contribution in [3.63, 3.8) is 0 Å². The van der Waals surface area contributed by atoms with Gasteiger partial charge in [-0.1, -0.05) is 26.2 Å². The summed E-state index contributed by atoms with van der Waals surface area (Å²) in [5.74, 6) is -0.0308. The van der Waals surface area contributed by atoms with E-state index < -0.39 is 5.97 Å². The summed E-state index contributed by atoms with van der Waals surface area (Å²) in [6.07, 6.45) is 7.65. The second-order valence-corrected chi connectivity index (χ2v) is 5.20. The summed E-state index contributed by atoms with van der Waals surface area (Å²) in [5, 5.41) is 11.4. The maximum atomic E-state index is 12.1. The second-order valence-electron chi connectivity index (χ2n) is 5.20. The molecule has 1 fully saturated rings. The van der Waals surface area contributed by atoms with Gasteiger partial charge in [-0.25, -0.2) is 0 Å². The van der Waals surface area contributed by atoms with Crippen LogP contribution in [-0.2, 0) is 9.59 Å². The molecule has 1 aliphatic rings. The zero-order valence-electron chi connectivity index (χ0n) is 11.3. The number of hydrogen-bond donors (Lipinski definition) is 2. The number of amides is 1. The summed E-state index contributed by atoms with van der Waals surface area (Å²) in [7, 11) is 0. The number of nitrogens with one attached hydrogen (secondary N) is 1. The third-order valence-corrected chi connectivity index (χ3v) is 3.86. The first kappa shape index (κ1) is 15.0. The highest BCUT2D eigenvalue weighted by Crippen LogP contribution is 2.31. The van der Waals surface area contributed by atoms with Gasteiger partial charge in [0.1, 0.15) is 0 Å². The number of carboxylic acids is 1. The van der Waals surface area contributed by atoms with Crippen LogP contribution in [0.5, 0.6) is 0 Å². The molecular formula is C14H27NO3. The van der Waals surface area contributed by atoms with Crippen LogP contribution >= 0.6 is 0 Å². The molecule has 0 saturated heterocycles. The van der Waals surface area contributed by atoms with Crippen LogP contribution in [0.1, 0.15) is 59.7 Å². The Morgan fingerprint density at radius 3 is 2.56 bits per heavy atom. The van der Waals surface area contributed by atoms with Gasteiger partial charge in [-0.2, -0.15) is 0 Å². The molecule has 0 bridgehead atoms. The quantitative estimate of drug-likeness (QED) is 0.689. The fourth-order valence-corrected chi connectivity index (χ4v) is 2.85. The minimum Gasteiger partial charge on any atom is -0.481 e. The Morgan fingerprint density at radius 1 is 1.33 bits per heavy atom. The highest BCUT2D eigenvalue weighted by atomic mass is 16.4. The van der Waals surface area contributed by atoms with E-state index in [4.69, 9.17) is 5.11 Å². The van der Waals surface area contributed by atoms with Crippen molar-refractivity contribution in [2.24, 2.45) is 11.8 Å². The van der Waals surface area contributed by atoms with E-state index in [0.717, 1.165) is 6.42 Å². The fraction of sp³-hybridized carbons (Fsp3) is 0.857. The summed E-state index contributed by atoms with van der Waals surface area (Å²) in [6, 6.07) is 0. The molecule has 4 nitrogen and oxygen atoms in total. The lowest BCUT2D eigenvalue weighted by molar-refractivity contribution is -0.137. The molecule has 0 heterocycles. The lowest BCUT2D eigenvalue weighted by atomic mass is 9.78. The van der Waals surface area contributed by atoms with Crippen LogP contribution in [0, 0.1) is 11.8 Å². The molecule has 1 saturated carbocycles. The Morgan fingerprint density at radius 2 is 2.00 bits per heavy atom. The van der Waals surface area contributed by atoms with E-state index in [1.165, 1.54) is 32.1 Å². The zero-order chi connectivity index (χ0) is 13.4. The van der Waals surface area contributed by atoms with Crippen LogP contribution in [0.2, 0.25) is 0 Å². The molecule has 2 N–H and O–H groups in total. The Kier molecular flexibility index (Phi) is 6.76. The van der Waals surface area contributed by atoms with Crippen molar-refractivity contribution in [2.45, 2.75) is 58.3 Å². The predicted octanol–water partition coefficient (Wildman–Crippen LogP) is 2.82. The number of carbonyl (C=O) groups excluding carboxylic acids is 1. The van der Waals surface area contributed by atoms with Gasteiger partial charge < -0.3 is 10.4 Å². The average molecular weight is 257 g/mol. The van der Waals surface area contributed by atoms with Crippen molar-refractivity contribution in [1.82, 2.24) is 5.32 Å². The van der Waals surface area contributed by atoms with Crippen molar-refractivity contribution < 1.29 is 16.1 Å².